The van der Waals surface area contributed by atoms with Gasteiger partial charge in [-0.25, -0.2) is 0 Å². The van der Waals surface area contributed by atoms with E-state index in [0.717, 1.165) is 31.3 Å². The number of hydrogen-bond donors (Lipinski definition) is 2. The quantitative estimate of drug-likeness (QED) is 0.721. The summed E-state index contributed by atoms with van der Waals surface area (Å²) in [6.45, 7) is 0. The molecular weight excluding hydrogens is 188 g/mol. The van der Waals surface area contributed by atoms with E-state index in [4.69, 9.17) is 5.73 Å². The first-order valence-electron chi connectivity index (χ1n) is 5.73. The third kappa shape index (κ3) is 2.41. The molecule has 0 aliphatic heterocycles. The molecule has 0 saturated heterocycles. The summed E-state index contributed by atoms with van der Waals surface area (Å²) in [5.41, 5.74) is 7.19. The van der Waals surface area contributed by atoms with Crippen LogP contribution in [-0.2, 0) is 4.79 Å². The molecule has 0 aromatic carbocycles. The number of nitrogens with one attached hydrogen (secondary N) is 1. The minimum Gasteiger partial charge on any atom is -0.398 e. The molecule has 3 heteroatoms. The second-order valence-corrected chi connectivity index (χ2v) is 4.33. The summed E-state index contributed by atoms with van der Waals surface area (Å²) >= 11 is 0. The SMILES string of the molecule is NC1=C(C(=O)NC2CCCC2)CCC=C1. The predicted molar refractivity (Wildman–Crippen MR) is 60.0 cm³/mol. The Hall–Kier alpha value is -1.25. The molecule has 1 fully saturated rings. The average Bonchev–Trinajstić information content (AvgIpc) is 2.71. The summed E-state index contributed by atoms with van der Waals surface area (Å²) in [5, 5.41) is 3.07. The van der Waals surface area contributed by atoms with Crippen molar-refractivity contribution in [1.29, 1.82) is 0 Å². The first-order valence-corrected chi connectivity index (χ1v) is 5.73. The number of carbonyl (C=O) groups excluding carboxylic acids is 1. The number of hydrogen-bond acceptors (Lipinski definition) is 2. The molecule has 1 saturated carbocycles. The van der Waals surface area contributed by atoms with Crippen molar-refractivity contribution in [3.63, 3.8) is 0 Å². The van der Waals surface area contributed by atoms with Gasteiger partial charge in [0.25, 0.3) is 0 Å². The van der Waals surface area contributed by atoms with Crippen LogP contribution in [0.15, 0.2) is 23.4 Å². The lowest BCUT2D eigenvalue weighted by atomic mass is 10.0. The third-order valence-corrected chi connectivity index (χ3v) is 3.17. The maximum absolute atomic E-state index is 11.9. The second-order valence-electron chi connectivity index (χ2n) is 4.33. The molecule has 0 aromatic rings. The summed E-state index contributed by atoms with van der Waals surface area (Å²) in [4.78, 5) is 11.9. The standard InChI is InChI=1S/C12H18N2O/c13-11-8-4-3-7-10(11)12(15)14-9-5-1-2-6-9/h4,8-9H,1-3,5-7,13H2,(H,14,15). The van der Waals surface area contributed by atoms with Gasteiger partial charge in [0.05, 0.1) is 0 Å². The van der Waals surface area contributed by atoms with Crippen LogP contribution in [-0.4, -0.2) is 11.9 Å². The van der Waals surface area contributed by atoms with Gasteiger partial charge in [-0.05, 0) is 31.8 Å². The minimum absolute atomic E-state index is 0.0451. The van der Waals surface area contributed by atoms with Crippen LogP contribution in [0, 0.1) is 0 Å². The first kappa shape index (κ1) is 10.3. The highest BCUT2D eigenvalue weighted by Crippen LogP contribution is 2.20. The monoisotopic (exact) mass is 206 g/mol. The number of amides is 1. The van der Waals surface area contributed by atoms with Gasteiger partial charge in [-0.15, -0.1) is 0 Å². The number of nitrogens with two attached hydrogens (primary N) is 1. The summed E-state index contributed by atoms with van der Waals surface area (Å²) < 4.78 is 0. The lowest BCUT2D eigenvalue weighted by Crippen LogP contribution is -2.35. The largest absolute Gasteiger partial charge is 0.398 e. The van der Waals surface area contributed by atoms with E-state index in [1.807, 2.05) is 12.2 Å². The highest BCUT2D eigenvalue weighted by atomic mass is 16.1. The van der Waals surface area contributed by atoms with Crippen LogP contribution in [0.3, 0.4) is 0 Å². The van der Waals surface area contributed by atoms with Crippen molar-refractivity contribution in [1.82, 2.24) is 5.32 Å². The van der Waals surface area contributed by atoms with Crippen molar-refractivity contribution in [3.8, 4) is 0 Å². The van der Waals surface area contributed by atoms with E-state index in [9.17, 15) is 4.79 Å². The molecule has 2 aliphatic rings. The average molecular weight is 206 g/mol. The summed E-state index contributed by atoms with van der Waals surface area (Å²) in [6.07, 6.45) is 10.3. The molecule has 1 amide bonds. The lowest BCUT2D eigenvalue weighted by Gasteiger charge is -2.16. The van der Waals surface area contributed by atoms with Crippen molar-refractivity contribution in [3.05, 3.63) is 23.4 Å². The Morgan fingerprint density at radius 2 is 2.13 bits per heavy atom. The topological polar surface area (TPSA) is 55.1 Å². The maximum Gasteiger partial charge on any atom is 0.249 e. The number of allylic oxidation sites excluding steroid dienone is 2. The fourth-order valence-corrected chi connectivity index (χ4v) is 2.27. The van der Waals surface area contributed by atoms with E-state index < -0.39 is 0 Å². The fraction of sp³-hybridized carbons (Fsp3) is 0.583. The summed E-state index contributed by atoms with van der Waals surface area (Å²) in [5.74, 6) is 0.0451. The second kappa shape index (κ2) is 4.51. The lowest BCUT2D eigenvalue weighted by molar-refractivity contribution is -0.118. The summed E-state index contributed by atoms with van der Waals surface area (Å²) in [6, 6.07) is 0.378. The molecular formula is C12H18N2O. The molecule has 0 atom stereocenters. The molecule has 3 N–H and O–H groups in total. The zero-order valence-corrected chi connectivity index (χ0v) is 8.96. The van der Waals surface area contributed by atoms with Gasteiger partial charge in [-0.3, -0.25) is 4.79 Å². The normalized spacial score (nSPS) is 22.1. The van der Waals surface area contributed by atoms with Gasteiger partial charge in [-0.2, -0.15) is 0 Å². The Morgan fingerprint density at radius 1 is 1.40 bits per heavy atom. The Balaban J connectivity index is 1.97. The van der Waals surface area contributed by atoms with E-state index >= 15 is 0 Å². The van der Waals surface area contributed by atoms with Crippen LogP contribution < -0.4 is 11.1 Å². The molecule has 2 rings (SSSR count). The van der Waals surface area contributed by atoms with Gasteiger partial charge in [0.2, 0.25) is 5.91 Å². The van der Waals surface area contributed by atoms with Gasteiger partial charge in [0.1, 0.15) is 0 Å². The Kier molecular flexibility index (Phi) is 3.09. The minimum atomic E-state index is 0.0451. The highest BCUT2D eigenvalue weighted by molar-refractivity contribution is 5.95. The van der Waals surface area contributed by atoms with Gasteiger partial charge in [0.15, 0.2) is 0 Å². The van der Waals surface area contributed by atoms with Crippen LogP contribution in [0.4, 0.5) is 0 Å². The van der Waals surface area contributed by atoms with Crippen LogP contribution >= 0.6 is 0 Å². The smallest absolute Gasteiger partial charge is 0.249 e. The van der Waals surface area contributed by atoms with E-state index in [1.54, 1.807) is 0 Å². The van der Waals surface area contributed by atoms with Crippen molar-refractivity contribution in [2.24, 2.45) is 5.73 Å². The molecule has 0 unspecified atom stereocenters. The van der Waals surface area contributed by atoms with Crippen molar-refractivity contribution < 1.29 is 4.79 Å². The number of carbonyl (C=O) groups is 1. The van der Waals surface area contributed by atoms with Crippen LogP contribution in [0.1, 0.15) is 38.5 Å². The molecule has 0 radical (unpaired) electrons. The van der Waals surface area contributed by atoms with Crippen LogP contribution in [0.2, 0.25) is 0 Å². The molecule has 0 spiro atoms. The Bertz CT molecular complexity index is 312. The zero-order chi connectivity index (χ0) is 10.7. The van der Waals surface area contributed by atoms with Gasteiger partial charge in [0, 0.05) is 17.3 Å². The van der Waals surface area contributed by atoms with Crippen molar-refractivity contribution in [2.75, 3.05) is 0 Å². The van der Waals surface area contributed by atoms with Crippen LogP contribution in [0.25, 0.3) is 0 Å². The van der Waals surface area contributed by atoms with E-state index in [-0.39, 0.29) is 5.91 Å². The highest BCUT2D eigenvalue weighted by Gasteiger charge is 2.20. The molecule has 2 aliphatic carbocycles. The van der Waals surface area contributed by atoms with Crippen LogP contribution in [0.5, 0.6) is 0 Å². The molecule has 0 aromatic heterocycles. The fourth-order valence-electron chi connectivity index (χ4n) is 2.27. The maximum atomic E-state index is 11.9. The Labute approximate surface area is 90.4 Å². The van der Waals surface area contributed by atoms with Gasteiger partial charge in [-0.1, -0.05) is 18.9 Å². The van der Waals surface area contributed by atoms with Crippen molar-refractivity contribution in [2.45, 2.75) is 44.6 Å². The molecule has 0 heterocycles. The summed E-state index contributed by atoms with van der Waals surface area (Å²) in [7, 11) is 0. The van der Waals surface area contributed by atoms with Gasteiger partial charge < -0.3 is 11.1 Å². The van der Waals surface area contributed by atoms with E-state index in [1.165, 1.54) is 12.8 Å². The molecule has 15 heavy (non-hydrogen) atoms. The Morgan fingerprint density at radius 3 is 2.80 bits per heavy atom. The molecule has 82 valence electrons. The van der Waals surface area contributed by atoms with E-state index in [2.05, 4.69) is 5.32 Å². The molecule has 0 bridgehead atoms. The van der Waals surface area contributed by atoms with Gasteiger partial charge >= 0.3 is 0 Å². The third-order valence-electron chi connectivity index (χ3n) is 3.17. The molecule has 3 nitrogen and oxygen atoms in total. The zero-order valence-electron chi connectivity index (χ0n) is 8.96. The first-order chi connectivity index (χ1) is 7.27. The van der Waals surface area contributed by atoms with E-state index in [0.29, 0.717) is 11.7 Å². The van der Waals surface area contributed by atoms with Crippen molar-refractivity contribution >= 4 is 5.91 Å². The predicted octanol–water partition coefficient (Wildman–Crippen LogP) is 1.61. The number of rotatable bonds is 2.